The fourth-order valence-corrected chi connectivity index (χ4v) is 2.20. The highest BCUT2D eigenvalue weighted by Gasteiger charge is 2.27. The lowest BCUT2D eigenvalue weighted by atomic mass is 10.2. The Labute approximate surface area is 98.6 Å². The molecule has 2 unspecified atom stereocenters. The van der Waals surface area contributed by atoms with Gasteiger partial charge in [-0.2, -0.15) is 0 Å². The molecule has 94 valence electrons. The molecule has 0 radical (unpaired) electrons. The summed E-state index contributed by atoms with van der Waals surface area (Å²) in [5.74, 6) is 0.134. The molecule has 1 rings (SSSR count). The number of nitrogens with two attached hydrogens (primary N) is 1. The summed E-state index contributed by atoms with van der Waals surface area (Å²) in [6.07, 6.45) is 3.14. The van der Waals surface area contributed by atoms with Crippen molar-refractivity contribution in [3.8, 4) is 0 Å². The van der Waals surface area contributed by atoms with Crippen molar-refractivity contribution in [2.45, 2.75) is 58.2 Å². The summed E-state index contributed by atoms with van der Waals surface area (Å²) in [7, 11) is 0. The van der Waals surface area contributed by atoms with Gasteiger partial charge in [-0.25, -0.2) is 0 Å². The van der Waals surface area contributed by atoms with E-state index < -0.39 is 0 Å². The van der Waals surface area contributed by atoms with Crippen LogP contribution in [0.4, 0.5) is 0 Å². The molecule has 0 aromatic rings. The van der Waals surface area contributed by atoms with Crippen LogP contribution < -0.4 is 11.1 Å². The quantitative estimate of drug-likeness (QED) is 0.727. The summed E-state index contributed by atoms with van der Waals surface area (Å²) in [4.78, 5) is 14.1. The molecule has 3 N–H and O–H groups in total. The zero-order chi connectivity index (χ0) is 12.1. The minimum absolute atomic E-state index is 0.0483. The molecule has 0 spiro atoms. The van der Waals surface area contributed by atoms with Crippen LogP contribution in [0, 0.1) is 0 Å². The van der Waals surface area contributed by atoms with Gasteiger partial charge in [0.05, 0.1) is 6.04 Å². The van der Waals surface area contributed by atoms with Gasteiger partial charge in [0.25, 0.3) is 0 Å². The molecule has 0 bridgehead atoms. The Morgan fingerprint density at radius 3 is 2.75 bits per heavy atom. The number of hydrogen-bond acceptors (Lipinski definition) is 3. The molecule has 0 saturated carbocycles. The van der Waals surface area contributed by atoms with Gasteiger partial charge in [-0.05, 0) is 26.7 Å². The van der Waals surface area contributed by atoms with Gasteiger partial charge in [-0.15, -0.1) is 0 Å². The van der Waals surface area contributed by atoms with Gasteiger partial charge in [-0.3, -0.25) is 9.69 Å². The van der Waals surface area contributed by atoms with Gasteiger partial charge in [0.15, 0.2) is 0 Å². The van der Waals surface area contributed by atoms with Gasteiger partial charge in [-0.1, -0.05) is 13.3 Å². The summed E-state index contributed by atoms with van der Waals surface area (Å²) in [5, 5.41) is 3.05. The number of nitrogens with one attached hydrogen (secondary N) is 1. The smallest absolute Gasteiger partial charge is 0.237 e. The Hall–Kier alpha value is -0.610. The van der Waals surface area contributed by atoms with Gasteiger partial charge in [0.2, 0.25) is 5.91 Å². The molecule has 0 aromatic heterocycles. The van der Waals surface area contributed by atoms with Crippen molar-refractivity contribution in [2.24, 2.45) is 5.73 Å². The SMILES string of the molecule is CCCC(C)NC(=O)C(C)N1CC[C@H](N)C1. The van der Waals surface area contributed by atoms with Crippen molar-refractivity contribution in [2.75, 3.05) is 13.1 Å². The monoisotopic (exact) mass is 227 g/mol. The number of carbonyl (C=O) groups is 1. The van der Waals surface area contributed by atoms with E-state index in [1.54, 1.807) is 0 Å². The number of likely N-dealkylation sites (tertiary alicyclic amines) is 1. The average Bonchev–Trinajstić information content (AvgIpc) is 2.64. The molecule has 0 aliphatic carbocycles. The molecule has 0 aromatic carbocycles. The summed E-state index contributed by atoms with van der Waals surface area (Å²) < 4.78 is 0. The Bertz CT molecular complexity index is 232. The predicted molar refractivity (Wildman–Crippen MR) is 66.1 cm³/mol. The average molecular weight is 227 g/mol. The highest BCUT2D eigenvalue weighted by molar-refractivity contribution is 5.81. The van der Waals surface area contributed by atoms with Crippen LogP contribution in [-0.4, -0.2) is 42.0 Å². The van der Waals surface area contributed by atoms with E-state index in [2.05, 4.69) is 24.1 Å². The normalized spacial score (nSPS) is 25.4. The molecule has 4 heteroatoms. The number of amides is 1. The highest BCUT2D eigenvalue weighted by atomic mass is 16.2. The molecular weight excluding hydrogens is 202 g/mol. The molecule has 3 atom stereocenters. The molecule has 1 aliphatic rings. The topological polar surface area (TPSA) is 58.4 Å². The number of nitrogens with zero attached hydrogens (tertiary/aromatic N) is 1. The van der Waals surface area contributed by atoms with Crippen molar-refractivity contribution < 1.29 is 4.79 Å². The molecule has 4 nitrogen and oxygen atoms in total. The molecule has 1 fully saturated rings. The van der Waals surface area contributed by atoms with E-state index in [4.69, 9.17) is 5.73 Å². The van der Waals surface area contributed by atoms with Crippen LogP contribution in [0.3, 0.4) is 0 Å². The van der Waals surface area contributed by atoms with E-state index in [1.807, 2.05) is 6.92 Å². The first-order chi connectivity index (χ1) is 7.54. The molecule has 1 amide bonds. The summed E-state index contributed by atoms with van der Waals surface area (Å²) >= 11 is 0. The van der Waals surface area contributed by atoms with E-state index in [-0.39, 0.29) is 24.0 Å². The van der Waals surface area contributed by atoms with E-state index in [0.29, 0.717) is 0 Å². The van der Waals surface area contributed by atoms with Crippen molar-refractivity contribution in [1.82, 2.24) is 10.2 Å². The number of rotatable bonds is 5. The van der Waals surface area contributed by atoms with E-state index in [1.165, 1.54) is 0 Å². The van der Waals surface area contributed by atoms with Crippen LogP contribution in [-0.2, 0) is 4.79 Å². The molecule has 1 saturated heterocycles. The third kappa shape index (κ3) is 3.76. The van der Waals surface area contributed by atoms with E-state index in [0.717, 1.165) is 32.4 Å². The minimum atomic E-state index is -0.0483. The van der Waals surface area contributed by atoms with E-state index >= 15 is 0 Å². The van der Waals surface area contributed by atoms with Crippen molar-refractivity contribution >= 4 is 5.91 Å². The summed E-state index contributed by atoms with van der Waals surface area (Å²) in [5.41, 5.74) is 5.84. The zero-order valence-corrected chi connectivity index (χ0v) is 10.7. The molecule has 16 heavy (non-hydrogen) atoms. The van der Waals surface area contributed by atoms with Crippen molar-refractivity contribution in [1.29, 1.82) is 0 Å². The van der Waals surface area contributed by atoms with Crippen molar-refractivity contribution in [3.63, 3.8) is 0 Å². The Morgan fingerprint density at radius 1 is 1.56 bits per heavy atom. The fraction of sp³-hybridized carbons (Fsp3) is 0.917. The Balaban J connectivity index is 2.35. The summed E-state index contributed by atoms with van der Waals surface area (Å²) in [6, 6.07) is 0.465. The Morgan fingerprint density at radius 2 is 2.25 bits per heavy atom. The predicted octanol–water partition coefficient (Wildman–Crippen LogP) is 0.713. The van der Waals surface area contributed by atoms with Crippen molar-refractivity contribution in [3.05, 3.63) is 0 Å². The lowest BCUT2D eigenvalue weighted by Gasteiger charge is -2.24. The molecular formula is C12H25N3O. The first kappa shape index (κ1) is 13.5. The fourth-order valence-electron chi connectivity index (χ4n) is 2.20. The highest BCUT2D eigenvalue weighted by Crippen LogP contribution is 2.11. The Kier molecular flexibility index (Phi) is 5.22. The second-order valence-electron chi connectivity index (χ2n) is 4.92. The summed E-state index contributed by atoms with van der Waals surface area (Å²) in [6.45, 7) is 7.94. The lowest BCUT2D eigenvalue weighted by Crippen LogP contribution is -2.47. The second-order valence-corrected chi connectivity index (χ2v) is 4.92. The number of hydrogen-bond donors (Lipinski definition) is 2. The van der Waals surface area contributed by atoms with Crippen LogP contribution >= 0.6 is 0 Å². The van der Waals surface area contributed by atoms with Gasteiger partial charge in [0.1, 0.15) is 0 Å². The van der Waals surface area contributed by atoms with Crippen LogP contribution in [0.15, 0.2) is 0 Å². The van der Waals surface area contributed by atoms with Gasteiger partial charge < -0.3 is 11.1 Å². The van der Waals surface area contributed by atoms with Crippen LogP contribution in [0.2, 0.25) is 0 Å². The second kappa shape index (κ2) is 6.21. The maximum absolute atomic E-state index is 11.9. The first-order valence-electron chi connectivity index (χ1n) is 6.34. The van der Waals surface area contributed by atoms with E-state index in [9.17, 15) is 4.79 Å². The molecule has 1 heterocycles. The first-order valence-corrected chi connectivity index (χ1v) is 6.34. The third-order valence-corrected chi connectivity index (χ3v) is 3.29. The van der Waals surface area contributed by atoms with Gasteiger partial charge >= 0.3 is 0 Å². The largest absolute Gasteiger partial charge is 0.352 e. The standard InChI is InChI=1S/C12H25N3O/c1-4-5-9(2)14-12(16)10(3)15-7-6-11(13)8-15/h9-11H,4-8,13H2,1-3H3,(H,14,16)/t9?,10?,11-/m0/s1. The minimum Gasteiger partial charge on any atom is -0.352 e. The van der Waals surface area contributed by atoms with Crippen LogP contribution in [0.1, 0.15) is 40.0 Å². The van der Waals surface area contributed by atoms with Gasteiger partial charge in [0, 0.05) is 25.2 Å². The zero-order valence-electron chi connectivity index (χ0n) is 10.7. The lowest BCUT2D eigenvalue weighted by molar-refractivity contribution is -0.126. The van der Waals surface area contributed by atoms with Crippen LogP contribution in [0.25, 0.3) is 0 Å². The van der Waals surface area contributed by atoms with Crippen LogP contribution in [0.5, 0.6) is 0 Å². The maximum atomic E-state index is 11.9. The maximum Gasteiger partial charge on any atom is 0.237 e. The third-order valence-electron chi connectivity index (χ3n) is 3.29. The molecule has 1 aliphatic heterocycles. The number of carbonyl (C=O) groups excluding carboxylic acids is 1.